The Balaban J connectivity index is 1.92. The van der Waals surface area contributed by atoms with Crippen molar-refractivity contribution in [1.82, 2.24) is 9.97 Å². The van der Waals surface area contributed by atoms with Gasteiger partial charge >= 0.3 is 0 Å². The Morgan fingerprint density at radius 2 is 2.16 bits per heavy atom. The first-order chi connectivity index (χ1) is 9.38. The largest absolute Gasteiger partial charge is 0.381 e. The summed E-state index contributed by atoms with van der Waals surface area (Å²) < 4.78 is 5.48. The predicted octanol–water partition coefficient (Wildman–Crippen LogP) is 2.68. The number of ether oxygens (including phenoxy) is 1. The van der Waals surface area contributed by atoms with E-state index >= 15 is 0 Å². The van der Waals surface area contributed by atoms with Gasteiger partial charge in [0.15, 0.2) is 0 Å². The molecule has 1 aromatic rings. The number of hydrogen-bond donors (Lipinski definition) is 1. The van der Waals surface area contributed by atoms with E-state index in [1.807, 2.05) is 0 Å². The van der Waals surface area contributed by atoms with Gasteiger partial charge in [0.05, 0.1) is 6.61 Å². The Morgan fingerprint density at radius 3 is 2.95 bits per heavy atom. The van der Waals surface area contributed by atoms with Gasteiger partial charge in [0, 0.05) is 30.3 Å². The van der Waals surface area contributed by atoms with Crippen LogP contribution >= 0.6 is 0 Å². The van der Waals surface area contributed by atoms with E-state index in [0.29, 0.717) is 5.92 Å². The van der Waals surface area contributed by atoms with Crippen molar-refractivity contribution in [2.75, 3.05) is 25.1 Å². The molecule has 19 heavy (non-hydrogen) atoms. The van der Waals surface area contributed by atoms with Crippen LogP contribution in [0.15, 0.2) is 0 Å². The van der Waals surface area contributed by atoms with E-state index in [1.54, 1.807) is 0 Å². The molecule has 4 nitrogen and oxygen atoms in total. The zero-order valence-electron chi connectivity index (χ0n) is 11.7. The molecule has 1 aliphatic heterocycles. The Hall–Kier alpha value is -1.16. The monoisotopic (exact) mass is 261 g/mol. The zero-order valence-corrected chi connectivity index (χ0v) is 11.7. The van der Waals surface area contributed by atoms with E-state index in [1.165, 1.54) is 24.1 Å². The van der Waals surface area contributed by atoms with E-state index in [4.69, 9.17) is 14.7 Å². The summed E-state index contributed by atoms with van der Waals surface area (Å²) in [7, 11) is 0. The summed E-state index contributed by atoms with van der Waals surface area (Å²) in [4.78, 5) is 9.64. The van der Waals surface area contributed by atoms with Gasteiger partial charge in [-0.15, -0.1) is 0 Å². The molecule has 1 unspecified atom stereocenters. The average molecular weight is 261 g/mol. The van der Waals surface area contributed by atoms with Crippen LogP contribution in [0.5, 0.6) is 0 Å². The number of aryl methyl sites for hydroxylation is 1. The second kappa shape index (κ2) is 5.87. The molecule has 1 aliphatic carbocycles. The molecule has 1 fully saturated rings. The summed E-state index contributed by atoms with van der Waals surface area (Å²) >= 11 is 0. The van der Waals surface area contributed by atoms with E-state index in [0.717, 1.165) is 57.1 Å². The van der Waals surface area contributed by atoms with Crippen molar-refractivity contribution in [2.24, 2.45) is 0 Å². The molecule has 2 heterocycles. The van der Waals surface area contributed by atoms with Crippen molar-refractivity contribution >= 4 is 5.82 Å². The third-order valence-corrected chi connectivity index (χ3v) is 4.04. The van der Waals surface area contributed by atoms with E-state index in [2.05, 4.69) is 12.2 Å². The van der Waals surface area contributed by atoms with Gasteiger partial charge in [-0.05, 0) is 38.5 Å². The van der Waals surface area contributed by atoms with E-state index in [9.17, 15) is 0 Å². The summed E-state index contributed by atoms with van der Waals surface area (Å²) in [5, 5.41) is 3.49. The zero-order chi connectivity index (χ0) is 13.1. The Kier molecular flexibility index (Phi) is 3.97. The van der Waals surface area contributed by atoms with Gasteiger partial charge in [-0.3, -0.25) is 0 Å². The molecule has 2 aliphatic rings. The molecule has 1 aromatic heterocycles. The van der Waals surface area contributed by atoms with Gasteiger partial charge in [-0.2, -0.15) is 0 Å². The second-order valence-electron chi connectivity index (χ2n) is 5.55. The van der Waals surface area contributed by atoms with Crippen LogP contribution in [-0.2, 0) is 17.6 Å². The van der Waals surface area contributed by atoms with E-state index < -0.39 is 0 Å². The first-order valence-electron chi connectivity index (χ1n) is 7.59. The third kappa shape index (κ3) is 2.73. The molecule has 4 heteroatoms. The lowest BCUT2D eigenvalue weighted by Gasteiger charge is -2.21. The fraction of sp³-hybridized carbons (Fsp3) is 0.733. The normalized spacial score (nSPS) is 22.3. The van der Waals surface area contributed by atoms with Crippen molar-refractivity contribution in [3.63, 3.8) is 0 Å². The average Bonchev–Trinajstić information content (AvgIpc) is 2.98. The van der Waals surface area contributed by atoms with Crippen LogP contribution in [0.25, 0.3) is 0 Å². The molecule has 1 atom stereocenters. The van der Waals surface area contributed by atoms with Crippen molar-refractivity contribution in [2.45, 2.75) is 51.4 Å². The SMILES string of the molecule is CCCNc1nc(C2CCOC2)nc2c1CCCC2. The van der Waals surface area contributed by atoms with Crippen molar-refractivity contribution in [1.29, 1.82) is 0 Å². The summed E-state index contributed by atoms with van der Waals surface area (Å²) in [6.07, 6.45) is 6.95. The summed E-state index contributed by atoms with van der Waals surface area (Å²) in [5.74, 6) is 2.49. The quantitative estimate of drug-likeness (QED) is 0.905. The Bertz CT molecular complexity index is 441. The molecule has 0 amide bonds. The third-order valence-electron chi connectivity index (χ3n) is 4.04. The number of fused-ring (bicyclic) bond motifs is 1. The van der Waals surface area contributed by atoms with Gasteiger partial charge in [-0.1, -0.05) is 6.92 Å². The Labute approximate surface area is 115 Å². The molecular weight excluding hydrogens is 238 g/mol. The highest BCUT2D eigenvalue weighted by molar-refractivity contribution is 5.48. The van der Waals surface area contributed by atoms with Crippen LogP contribution in [0.1, 0.15) is 55.6 Å². The van der Waals surface area contributed by atoms with Crippen molar-refractivity contribution in [3.8, 4) is 0 Å². The lowest BCUT2D eigenvalue weighted by atomic mass is 9.95. The van der Waals surface area contributed by atoms with Crippen molar-refractivity contribution < 1.29 is 4.74 Å². The summed E-state index contributed by atoms with van der Waals surface area (Å²) in [6, 6.07) is 0. The summed E-state index contributed by atoms with van der Waals surface area (Å²) in [5.41, 5.74) is 2.64. The molecule has 104 valence electrons. The molecule has 0 radical (unpaired) electrons. The molecule has 0 aromatic carbocycles. The van der Waals surface area contributed by atoms with Crippen LogP contribution < -0.4 is 5.32 Å². The number of hydrogen-bond acceptors (Lipinski definition) is 4. The van der Waals surface area contributed by atoms with Crippen molar-refractivity contribution in [3.05, 3.63) is 17.1 Å². The topological polar surface area (TPSA) is 47.0 Å². The summed E-state index contributed by atoms with van der Waals surface area (Å²) in [6.45, 7) is 4.81. The highest BCUT2D eigenvalue weighted by atomic mass is 16.5. The maximum Gasteiger partial charge on any atom is 0.136 e. The molecule has 1 N–H and O–H groups in total. The minimum Gasteiger partial charge on any atom is -0.381 e. The molecule has 1 saturated heterocycles. The lowest BCUT2D eigenvalue weighted by molar-refractivity contribution is 0.193. The minimum atomic E-state index is 0.398. The molecule has 0 spiro atoms. The van der Waals surface area contributed by atoms with Gasteiger partial charge in [0.2, 0.25) is 0 Å². The first-order valence-corrected chi connectivity index (χ1v) is 7.59. The highest BCUT2D eigenvalue weighted by Gasteiger charge is 2.24. The predicted molar refractivity (Wildman–Crippen MR) is 75.6 cm³/mol. The smallest absolute Gasteiger partial charge is 0.136 e. The van der Waals surface area contributed by atoms with Gasteiger partial charge < -0.3 is 10.1 Å². The minimum absolute atomic E-state index is 0.398. The second-order valence-corrected chi connectivity index (χ2v) is 5.55. The maximum absolute atomic E-state index is 5.48. The number of anilines is 1. The molecule has 3 rings (SSSR count). The van der Waals surface area contributed by atoms with Crippen LogP contribution in [0, 0.1) is 0 Å². The van der Waals surface area contributed by atoms with Gasteiger partial charge in [0.1, 0.15) is 11.6 Å². The standard InChI is InChI=1S/C15H23N3O/c1-2-8-16-15-12-5-3-4-6-13(12)17-14(18-15)11-7-9-19-10-11/h11H,2-10H2,1H3,(H,16,17,18). The number of nitrogens with zero attached hydrogens (tertiary/aromatic N) is 2. The molecular formula is C15H23N3O. The van der Waals surface area contributed by atoms with Crippen LogP contribution in [0.3, 0.4) is 0 Å². The van der Waals surface area contributed by atoms with Crippen LogP contribution in [0.2, 0.25) is 0 Å². The Morgan fingerprint density at radius 1 is 1.26 bits per heavy atom. The fourth-order valence-electron chi connectivity index (χ4n) is 2.92. The number of aromatic nitrogens is 2. The fourth-order valence-corrected chi connectivity index (χ4v) is 2.92. The maximum atomic E-state index is 5.48. The highest BCUT2D eigenvalue weighted by Crippen LogP contribution is 2.29. The molecule has 0 bridgehead atoms. The first kappa shape index (κ1) is 12.9. The van der Waals surface area contributed by atoms with Crippen LogP contribution in [-0.4, -0.2) is 29.7 Å². The molecule has 0 saturated carbocycles. The lowest BCUT2D eigenvalue weighted by Crippen LogP contribution is -2.17. The number of nitrogens with one attached hydrogen (secondary N) is 1. The van der Waals surface area contributed by atoms with Gasteiger partial charge in [-0.25, -0.2) is 9.97 Å². The number of rotatable bonds is 4. The van der Waals surface area contributed by atoms with Gasteiger partial charge in [0.25, 0.3) is 0 Å². The van der Waals surface area contributed by atoms with Crippen LogP contribution in [0.4, 0.5) is 5.82 Å². The van der Waals surface area contributed by atoms with E-state index in [-0.39, 0.29) is 0 Å².